The Morgan fingerprint density at radius 1 is 1.00 bits per heavy atom. The van der Waals surface area contributed by atoms with E-state index in [9.17, 15) is 4.79 Å². The summed E-state index contributed by atoms with van der Waals surface area (Å²) in [6, 6.07) is 13.6. The number of nitrogens with one attached hydrogen (secondary N) is 1. The second-order valence-electron chi connectivity index (χ2n) is 7.73. The van der Waals surface area contributed by atoms with Crippen LogP contribution < -0.4 is 11.1 Å². The number of likely N-dealkylation sites (tertiary alicyclic amines) is 1. The summed E-state index contributed by atoms with van der Waals surface area (Å²) >= 11 is 0. The zero-order valence-corrected chi connectivity index (χ0v) is 17.3. The number of aromatic nitrogens is 2. The number of benzene rings is 1. The molecule has 1 aromatic carbocycles. The molecule has 3 heterocycles. The molecular formula is C24H27N5O. The first-order valence-corrected chi connectivity index (χ1v) is 10.4. The molecule has 0 spiro atoms. The summed E-state index contributed by atoms with van der Waals surface area (Å²) in [5.74, 6) is 0.431. The average Bonchev–Trinajstić information content (AvgIpc) is 3.28. The van der Waals surface area contributed by atoms with Gasteiger partial charge in [0, 0.05) is 53.4 Å². The van der Waals surface area contributed by atoms with E-state index in [4.69, 9.17) is 5.73 Å². The summed E-state index contributed by atoms with van der Waals surface area (Å²) in [5.41, 5.74) is 11.4. The lowest BCUT2D eigenvalue weighted by molar-refractivity contribution is 0.0950. The molecule has 0 radical (unpaired) electrons. The smallest absolute Gasteiger partial charge is 0.251 e. The van der Waals surface area contributed by atoms with E-state index in [0.29, 0.717) is 17.9 Å². The lowest BCUT2D eigenvalue weighted by Crippen LogP contribution is -2.33. The fraction of sp³-hybridized carbons (Fsp3) is 0.292. The number of carbonyl (C=O) groups is 1. The number of anilines is 1. The molecular weight excluding hydrogens is 374 g/mol. The fourth-order valence-corrected chi connectivity index (χ4v) is 3.74. The number of hydrogen-bond donors (Lipinski definition) is 2. The first kappa shape index (κ1) is 20.0. The molecule has 154 valence electrons. The maximum absolute atomic E-state index is 12.4. The van der Waals surface area contributed by atoms with Gasteiger partial charge in [-0.1, -0.05) is 18.2 Å². The van der Waals surface area contributed by atoms with Crippen LogP contribution in [-0.2, 0) is 0 Å². The van der Waals surface area contributed by atoms with Crippen molar-refractivity contribution in [2.45, 2.75) is 19.8 Å². The van der Waals surface area contributed by atoms with E-state index >= 15 is 0 Å². The summed E-state index contributed by atoms with van der Waals surface area (Å²) in [6.07, 6.45) is 6.09. The zero-order valence-electron chi connectivity index (χ0n) is 17.3. The Hall–Kier alpha value is -3.25. The Bertz CT molecular complexity index is 1010. The van der Waals surface area contributed by atoms with E-state index in [-0.39, 0.29) is 5.91 Å². The average molecular weight is 402 g/mol. The Labute approximate surface area is 177 Å². The van der Waals surface area contributed by atoms with Gasteiger partial charge in [-0.3, -0.25) is 9.78 Å². The van der Waals surface area contributed by atoms with Crippen LogP contribution in [-0.4, -0.2) is 47.0 Å². The summed E-state index contributed by atoms with van der Waals surface area (Å²) in [6.45, 7) is 5.82. The minimum Gasteiger partial charge on any atom is -0.383 e. The molecule has 6 heteroatoms. The number of pyridine rings is 2. The summed E-state index contributed by atoms with van der Waals surface area (Å²) in [7, 11) is 0. The number of nitrogen functional groups attached to an aromatic ring is 1. The van der Waals surface area contributed by atoms with Crippen molar-refractivity contribution in [1.29, 1.82) is 0 Å². The molecule has 4 rings (SSSR count). The van der Waals surface area contributed by atoms with Crippen molar-refractivity contribution in [3.63, 3.8) is 0 Å². The van der Waals surface area contributed by atoms with Gasteiger partial charge in [0.05, 0.1) is 0 Å². The predicted molar refractivity (Wildman–Crippen MR) is 120 cm³/mol. The minimum atomic E-state index is -0.0393. The lowest BCUT2D eigenvalue weighted by atomic mass is 10.0. The molecule has 1 amide bonds. The van der Waals surface area contributed by atoms with Crippen molar-refractivity contribution in [2.75, 3.05) is 31.9 Å². The molecule has 6 nitrogen and oxygen atoms in total. The minimum absolute atomic E-state index is 0.0393. The molecule has 1 fully saturated rings. The molecule has 0 aliphatic carbocycles. The molecule has 0 unspecified atom stereocenters. The SMILES string of the molecule is Cc1ccc(-c2cc(-c3ccc(C(=O)NCCN4CCCC4)cc3)cnc2N)cn1. The van der Waals surface area contributed by atoms with Crippen LogP contribution in [0.3, 0.4) is 0 Å². The molecule has 0 bridgehead atoms. The highest BCUT2D eigenvalue weighted by Gasteiger charge is 2.12. The third kappa shape index (κ3) is 4.66. The highest BCUT2D eigenvalue weighted by molar-refractivity contribution is 5.94. The first-order valence-electron chi connectivity index (χ1n) is 10.4. The van der Waals surface area contributed by atoms with E-state index in [1.54, 1.807) is 6.20 Å². The van der Waals surface area contributed by atoms with Gasteiger partial charge in [0.15, 0.2) is 0 Å². The third-order valence-electron chi connectivity index (χ3n) is 5.53. The van der Waals surface area contributed by atoms with Gasteiger partial charge in [-0.05, 0) is 62.7 Å². The predicted octanol–water partition coefficient (Wildman–Crippen LogP) is 3.53. The lowest BCUT2D eigenvalue weighted by Gasteiger charge is -2.14. The zero-order chi connectivity index (χ0) is 20.9. The number of aryl methyl sites for hydroxylation is 1. The monoisotopic (exact) mass is 401 g/mol. The van der Waals surface area contributed by atoms with E-state index in [1.165, 1.54) is 12.8 Å². The molecule has 0 saturated carbocycles. The second-order valence-corrected chi connectivity index (χ2v) is 7.73. The van der Waals surface area contributed by atoms with Crippen LogP contribution in [0.15, 0.2) is 54.9 Å². The molecule has 1 aliphatic rings. The van der Waals surface area contributed by atoms with Crippen molar-refractivity contribution in [1.82, 2.24) is 20.2 Å². The number of hydrogen-bond acceptors (Lipinski definition) is 5. The number of rotatable bonds is 6. The van der Waals surface area contributed by atoms with Gasteiger partial charge in [0.25, 0.3) is 5.91 Å². The van der Waals surface area contributed by atoms with Crippen molar-refractivity contribution in [2.24, 2.45) is 0 Å². The Morgan fingerprint density at radius 2 is 1.70 bits per heavy atom. The Balaban J connectivity index is 1.45. The van der Waals surface area contributed by atoms with Crippen LogP contribution >= 0.6 is 0 Å². The van der Waals surface area contributed by atoms with E-state index < -0.39 is 0 Å². The summed E-state index contributed by atoms with van der Waals surface area (Å²) < 4.78 is 0. The van der Waals surface area contributed by atoms with Gasteiger partial charge in [-0.25, -0.2) is 4.98 Å². The molecule has 3 N–H and O–H groups in total. The van der Waals surface area contributed by atoms with Crippen LogP contribution in [0, 0.1) is 6.92 Å². The standard InChI is InChI=1S/C24H27N5O/c1-17-4-5-20(15-27-17)22-14-21(16-28-23(22)25)18-6-8-19(9-7-18)24(30)26-10-13-29-11-2-3-12-29/h4-9,14-16H,2-3,10-13H2,1H3,(H2,25,28)(H,26,30). The van der Waals surface area contributed by atoms with Crippen molar-refractivity contribution < 1.29 is 4.79 Å². The number of nitrogens with zero attached hydrogens (tertiary/aromatic N) is 3. The topological polar surface area (TPSA) is 84.1 Å². The van der Waals surface area contributed by atoms with Crippen LogP contribution in [0.2, 0.25) is 0 Å². The maximum Gasteiger partial charge on any atom is 0.251 e. The van der Waals surface area contributed by atoms with Crippen LogP contribution in [0.4, 0.5) is 5.82 Å². The normalized spacial score (nSPS) is 14.0. The molecule has 30 heavy (non-hydrogen) atoms. The summed E-state index contributed by atoms with van der Waals surface area (Å²) in [5, 5.41) is 3.01. The van der Waals surface area contributed by atoms with Crippen molar-refractivity contribution in [3.8, 4) is 22.3 Å². The van der Waals surface area contributed by atoms with Crippen molar-refractivity contribution >= 4 is 11.7 Å². The van der Waals surface area contributed by atoms with Crippen molar-refractivity contribution in [3.05, 3.63) is 66.1 Å². The second kappa shape index (κ2) is 9.05. The number of carbonyl (C=O) groups excluding carboxylic acids is 1. The van der Waals surface area contributed by atoms with Gasteiger partial charge in [0.1, 0.15) is 5.82 Å². The van der Waals surface area contributed by atoms with Crippen LogP contribution in [0.1, 0.15) is 28.9 Å². The van der Waals surface area contributed by atoms with Gasteiger partial charge in [-0.15, -0.1) is 0 Å². The quantitative estimate of drug-likeness (QED) is 0.660. The van der Waals surface area contributed by atoms with Gasteiger partial charge >= 0.3 is 0 Å². The highest BCUT2D eigenvalue weighted by Crippen LogP contribution is 2.29. The largest absolute Gasteiger partial charge is 0.383 e. The molecule has 1 aliphatic heterocycles. The Morgan fingerprint density at radius 3 is 2.40 bits per heavy atom. The first-order chi connectivity index (χ1) is 14.6. The van der Waals surface area contributed by atoms with E-state index in [2.05, 4.69) is 20.2 Å². The molecule has 0 atom stereocenters. The van der Waals surface area contributed by atoms with E-state index in [0.717, 1.165) is 47.6 Å². The van der Waals surface area contributed by atoms with Gasteiger partial charge in [-0.2, -0.15) is 0 Å². The van der Waals surface area contributed by atoms with Gasteiger partial charge in [0.2, 0.25) is 0 Å². The molecule has 3 aromatic rings. The highest BCUT2D eigenvalue weighted by atomic mass is 16.1. The molecule has 2 aromatic heterocycles. The fourth-order valence-electron chi connectivity index (χ4n) is 3.74. The number of nitrogens with two attached hydrogens (primary N) is 1. The van der Waals surface area contributed by atoms with Crippen LogP contribution in [0.5, 0.6) is 0 Å². The third-order valence-corrected chi connectivity index (χ3v) is 5.53. The van der Waals surface area contributed by atoms with E-state index in [1.807, 2.05) is 55.6 Å². The van der Waals surface area contributed by atoms with Gasteiger partial charge < -0.3 is 16.0 Å². The Kier molecular flexibility index (Phi) is 6.05. The molecule has 1 saturated heterocycles. The summed E-state index contributed by atoms with van der Waals surface area (Å²) in [4.78, 5) is 23.5. The van der Waals surface area contributed by atoms with Crippen LogP contribution in [0.25, 0.3) is 22.3 Å². The number of amides is 1. The maximum atomic E-state index is 12.4.